The van der Waals surface area contributed by atoms with Gasteiger partial charge in [-0.3, -0.25) is 10.1 Å². The molecule has 0 radical (unpaired) electrons. The lowest BCUT2D eigenvalue weighted by atomic mass is 10.2. The Balaban J connectivity index is 2.33. The highest BCUT2D eigenvalue weighted by molar-refractivity contribution is 5.30. The average molecular weight is 220 g/mol. The monoisotopic (exact) mass is 220 g/mol. The molecule has 84 valence electrons. The maximum atomic E-state index is 10.3. The normalized spacial score (nSPS) is 9.44. The van der Waals surface area contributed by atoms with Crippen LogP contribution in [0.3, 0.4) is 0 Å². The van der Waals surface area contributed by atoms with E-state index in [1.807, 2.05) is 0 Å². The van der Waals surface area contributed by atoms with Gasteiger partial charge in [-0.15, -0.1) is 12.3 Å². The Hall–Kier alpha value is -2.16. The second-order valence-corrected chi connectivity index (χ2v) is 3.11. The number of aromatic nitrogens is 2. The van der Waals surface area contributed by atoms with Gasteiger partial charge in [0.15, 0.2) is 0 Å². The van der Waals surface area contributed by atoms with Gasteiger partial charge in [0.2, 0.25) is 5.95 Å². The minimum Gasteiger partial charge on any atom is -0.354 e. The highest BCUT2D eigenvalue weighted by Gasteiger charge is 2.05. The molecule has 0 fully saturated rings. The summed E-state index contributed by atoms with van der Waals surface area (Å²) in [5.41, 5.74) is -0.113. The minimum absolute atomic E-state index is 0.113. The van der Waals surface area contributed by atoms with E-state index in [2.05, 4.69) is 21.2 Å². The lowest BCUT2D eigenvalue weighted by Gasteiger charge is -2.02. The summed E-state index contributed by atoms with van der Waals surface area (Å²) >= 11 is 0. The van der Waals surface area contributed by atoms with E-state index in [0.29, 0.717) is 12.5 Å². The number of hydrogen-bond acceptors (Lipinski definition) is 5. The van der Waals surface area contributed by atoms with Gasteiger partial charge in [-0.25, -0.2) is 9.97 Å². The van der Waals surface area contributed by atoms with Crippen molar-refractivity contribution in [1.82, 2.24) is 9.97 Å². The second kappa shape index (κ2) is 6.35. The Morgan fingerprint density at radius 1 is 1.44 bits per heavy atom. The first-order valence-electron chi connectivity index (χ1n) is 4.88. The third kappa shape index (κ3) is 3.92. The third-order valence-electron chi connectivity index (χ3n) is 1.88. The summed E-state index contributed by atoms with van der Waals surface area (Å²) in [6, 6.07) is 0. The number of unbranched alkanes of at least 4 members (excludes halogenated alkanes) is 2. The zero-order chi connectivity index (χ0) is 11.8. The highest BCUT2D eigenvalue weighted by Crippen LogP contribution is 2.08. The molecular formula is C10H12N4O2. The SMILES string of the molecule is C#CCCCCNc1ncc([N+](=O)[O-])cn1. The van der Waals surface area contributed by atoms with Gasteiger partial charge >= 0.3 is 5.69 Å². The van der Waals surface area contributed by atoms with E-state index in [4.69, 9.17) is 6.42 Å². The molecule has 0 spiro atoms. The summed E-state index contributed by atoms with van der Waals surface area (Å²) in [4.78, 5) is 17.4. The predicted octanol–water partition coefficient (Wildman–Crippen LogP) is 1.60. The van der Waals surface area contributed by atoms with Crippen molar-refractivity contribution >= 4 is 11.6 Å². The second-order valence-electron chi connectivity index (χ2n) is 3.11. The molecule has 1 N–H and O–H groups in total. The number of anilines is 1. The number of rotatable bonds is 6. The van der Waals surface area contributed by atoms with Crippen LogP contribution in [0.2, 0.25) is 0 Å². The minimum atomic E-state index is -0.531. The van der Waals surface area contributed by atoms with Gasteiger partial charge < -0.3 is 5.32 Å². The van der Waals surface area contributed by atoms with Gasteiger partial charge in [0.25, 0.3) is 0 Å². The quantitative estimate of drug-likeness (QED) is 0.341. The molecule has 0 aliphatic rings. The topological polar surface area (TPSA) is 81.0 Å². The van der Waals surface area contributed by atoms with Gasteiger partial charge in [0.1, 0.15) is 12.4 Å². The van der Waals surface area contributed by atoms with E-state index in [0.717, 1.165) is 19.3 Å². The summed E-state index contributed by atoms with van der Waals surface area (Å²) in [6.45, 7) is 0.708. The molecule has 1 aromatic rings. The number of nitro groups is 1. The smallest absolute Gasteiger partial charge is 0.305 e. The fourth-order valence-electron chi connectivity index (χ4n) is 1.06. The Bertz CT molecular complexity index is 383. The van der Waals surface area contributed by atoms with Crippen molar-refractivity contribution in [2.45, 2.75) is 19.3 Å². The molecule has 0 saturated carbocycles. The number of terminal acetylenes is 1. The molecule has 0 amide bonds. The van der Waals surface area contributed by atoms with E-state index in [1.54, 1.807) is 0 Å². The zero-order valence-corrected chi connectivity index (χ0v) is 8.72. The van der Waals surface area contributed by atoms with Crippen LogP contribution < -0.4 is 5.32 Å². The largest absolute Gasteiger partial charge is 0.354 e. The van der Waals surface area contributed by atoms with Crippen LogP contribution in [0.1, 0.15) is 19.3 Å². The van der Waals surface area contributed by atoms with Crippen molar-refractivity contribution in [3.63, 3.8) is 0 Å². The molecule has 6 nitrogen and oxygen atoms in total. The molecule has 1 heterocycles. The molecule has 0 unspecified atom stereocenters. The fraction of sp³-hybridized carbons (Fsp3) is 0.400. The van der Waals surface area contributed by atoms with Crippen molar-refractivity contribution in [3.8, 4) is 12.3 Å². The summed E-state index contributed by atoms with van der Waals surface area (Å²) in [5.74, 6) is 2.95. The third-order valence-corrected chi connectivity index (χ3v) is 1.88. The molecule has 0 saturated heterocycles. The first kappa shape index (κ1) is 11.9. The first-order chi connectivity index (χ1) is 7.74. The lowest BCUT2D eigenvalue weighted by molar-refractivity contribution is -0.385. The number of nitrogens with zero attached hydrogens (tertiary/aromatic N) is 3. The molecule has 6 heteroatoms. The maximum Gasteiger partial charge on any atom is 0.305 e. The molecule has 0 aliphatic heterocycles. The van der Waals surface area contributed by atoms with Crippen LogP contribution in [0.5, 0.6) is 0 Å². The first-order valence-corrected chi connectivity index (χ1v) is 4.88. The van der Waals surface area contributed by atoms with Gasteiger partial charge in [0.05, 0.1) is 4.92 Å². The standard InChI is InChI=1S/C10H12N4O2/c1-2-3-4-5-6-11-10-12-7-9(8-13-10)14(15)16/h1,7-8H,3-6H2,(H,11,12,13). The van der Waals surface area contributed by atoms with Crippen LogP contribution in [-0.4, -0.2) is 21.4 Å². The van der Waals surface area contributed by atoms with E-state index in [-0.39, 0.29) is 5.69 Å². The van der Waals surface area contributed by atoms with E-state index in [1.165, 1.54) is 12.4 Å². The van der Waals surface area contributed by atoms with Gasteiger partial charge in [-0.05, 0) is 12.8 Å². The lowest BCUT2D eigenvalue weighted by Crippen LogP contribution is -2.05. The van der Waals surface area contributed by atoms with Gasteiger partial charge in [-0.1, -0.05) is 0 Å². The molecule has 0 atom stereocenters. The average Bonchev–Trinajstić information content (AvgIpc) is 2.29. The molecule has 0 bridgehead atoms. The number of nitrogens with one attached hydrogen (secondary N) is 1. The summed E-state index contributed by atoms with van der Waals surface area (Å²) in [6.07, 6.45) is 10.1. The molecule has 0 aromatic carbocycles. The molecule has 16 heavy (non-hydrogen) atoms. The van der Waals surface area contributed by atoms with Crippen molar-refractivity contribution in [1.29, 1.82) is 0 Å². The molecular weight excluding hydrogens is 208 g/mol. The van der Waals surface area contributed by atoms with Crippen molar-refractivity contribution in [3.05, 3.63) is 22.5 Å². The van der Waals surface area contributed by atoms with Crippen LogP contribution in [-0.2, 0) is 0 Å². The van der Waals surface area contributed by atoms with Crippen LogP contribution >= 0.6 is 0 Å². The Kier molecular flexibility index (Phi) is 4.73. The maximum absolute atomic E-state index is 10.3. The van der Waals surface area contributed by atoms with Gasteiger partial charge in [-0.2, -0.15) is 0 Å². The van der Waals surface area contributed by atoms with E-state index >= 15 is 0 Å². The van der Waals surface area contributed by atoms with Crippen LogP contribution in [0.4, 0.5) is 11.6 Å². The van der Waals surface area contributed by atoms with Crippen LogP contribution in [0.25, 0.3) is 0 Å². The fourth-order valence-corrected chi connectivity index (χ4v) is 1.06. The number of hydrogen-bond donors (Lipinski definition) is 1. The summed E-state index contributed by atoms with van der Waals surface area (Å²) in [7, 11) is 0. The molecule has 1 aromatic heterocycles. The Morgan fingerprint density at radius 2 is 2.12 bits per heavy atom. The summed E-state index contributed by atoms with van der Waals surface area (Å²) in [5, 5.41) is 13.3. The van der Waals surface area contributed by atoms with Crippen molar-refractivity contribution in [2.24, 2.45) is 0 Å². The zero-order valence-electron chi connectivity index (χ0n) is 8.72. The van der Waals surface area contributed by atoms with Gasteiger partial charge in [0, 0.05) is 13.0 Å². The Labute approximate surface area is 93.3 Å². The van der Waals surface area contributed by atoms with Crippen LogP contribution in [0.15, 0.2) is 12.4 Å². The summed E-state index contributed by atoms with van der Waals surface area (Å²) < 4.78 is 0. The Morgan fingerprint density at radius 3 is 2.69 bits per heavy atom. The van der Waals surface area contributed by atoms with Crippen molar-refractivity contribution < 1.29 is 4.92 Å². The van der Waals surface area contributed by atoms with E-state index in [9.17, 15) is 10.1 Å². The molecule has 0 aliphatic carbocycles. The van der Waals surface area contributed by atoms with Crippen molar-refractivity contribution in [2.75, 3.05) is 11.9 Å². The highest BCUT2D eigenvalue weighted by atomic mass is 16.6. The van der Waals surface area contributed by atoms with E-state index < -0.39 is 4.92 Å². The molecule has 1 rings (SSSR count). The van der Waals surface area contributed by atoms with Crippen LogP contribution in [0, 0.1) is 22.5 Å². The predicted molar refractivity (Wildman–Crippen MR) is 59.9 cm³/mol.